The summed E-state index contributed by atoms with van der Waals surface area (Å²) < 4.78 is 25.6. The zero-order valence-corrected chi connectivity index (χ0v) is 8.94. The van der Waals surface area contributed by atoms with Gasteiger partial charge in [-0.3, -0.25) is 0 Å². The van der Waals surface area contributed by atoms with Crippen LogP contribution in [0, 0.1) is 11.8 Å². The second-order valence-electron chi connectivity index (χ2n) is 4.29. The maximum absolute atomic E-state index is 12.8. The highest BCUT2D eigenvalue weighted by Gasteiger charge is 2.29. The Morgan fingerprint density at radius 2 is 1.86 bits per heavy atom. The van der Waals surface area contributed by atoms with Gasteiger partial charge >= 0.3 is 0 Å². The van der Waals surface area contributed by atoms with Crippen molar-refractivity contribution in [2.75, 3.05) is 13.6 Å². The summed E-state index contributed by atoms with van der Waals surface area (Å²) in [5.74, 6) is -0.0974. The third-order valence-electron chi connectivity index (χ3n) is 3.31. The van der Waals surface area contributed by atoms with E-state index in [1.165, 1.54) is 6.42 Å². The zero-order valence-electron chi connectivity index (χ0n) is 8.94. The number of hydrogen-bond donors (Lipinski definition) is 1. The molecule has 1 N–H and O–H groups in total. The van der Waals surface area contributed by atoms with Crippen LogP contribution in [0.3, 0.4) is 0 Å². The average Bonchev–Trinajstić information content (AvgIpc) is 2.19. The Hall–Kier alpha value is -0.180. The lowest BCUT2D eigenvalue weighted by Crippen LogP contribution is -2.27. The highest BCUT2D eigenvalue weighted by Crippen LogP contribution is 2.34. The summed E-state index contributed by atoms with van der Waals surface area (Å²) in [6, 6.07) is 0. The third-order valence-corrected chi connectivity index (χ3v) is 3.31. The molecule has 1 aliphatic rings. The number of rotatable bonds is 5. The molecule has 14 heavy (non-hydrogen) atoms. The van der Waals surface area contributed by atoms with Gasteiger partial charge in [0, 0.05) is 5.92 Å². The molecule has 0 aromatic carbocycles. The molecule has 1 nitrogen and oxygen atoms in total. The predicted octanol–water partition coefficient (Wildman–Crippen LogP) is 3.06. The molecule has 84 valence electrons. The van der Waals surface area contributed by atoms with Gasteiger partial charge in [-0.05, 0) is 38.8 Å². The molecule has 1 unspecified atom stereocenters. The maximum atomic E-state index is 12.8. The molecule has 0 aliphatic heterocycles. The van der Waals surface area contributed by atoms with Gasteiger partial charge in [0.1, 0.15) is 0 Å². The van der Waals surface area contributed by atoms with Crippen molar-refractivity contribution in [1.29, 1.82) is 0 Å². The van der Waals surface area contributed by atoms with Gasteiger partial charge in [-0.1, -0.05) is 19.3 Å². The Morgan fingerprint density at radius 1 is 1.21 bits per heavy atom. The Bertz CT molecular complexity index is 144. The number of alkyl halides is 2. The molecule has 1 rings (SSSR count). The molecule has 0 spiro atoms. The lowest BCUT2D eigenvalue weighted by Gasteiger charge is -2.29. The number of hydrogen-bond acceptors (Lipinski definition) is 1. The van der Waals surface area contributed by atoms with E-state index in [0.717, 1.165) is 25.7 Å². The molecular weight excluding hydrogens is 184 g/mol. The zero-order chi connectivity index (χ0) is 10.4. The molecule has 1 aliphatic carbocycles. The molecule has 0 aromatic rings. The van der Waals surface area contributed by atoms with Gasteiger partial charge in [-0.25, -0.2) is 8.78 Å². The summed E-state index contributed by atoms with van der Waals surface area (Å²) in [5.41, 5.74) is 0. The fraction of sp³-hybridized carbons (Fsp3) is 1.00. The summed E-state index contributed by atoms with van der Waals surface area (Å²) in [7, 11) is 1.82. The molecule has 0 heterocycles. The van der Waals surface area contributed by atoms with Crippen molar-refractivity contribution < 1.29 is 8.78 Å². The van der Waals surface area contributed by atoms with Gasteiger partial charge in [0.2, 0.25) is 6.43 Å². The van der Waals surface area contributed by atoms with Gasteiger partial charge in [0.05, 0.1) is 0 Å². The van der Waals surface area contributed by atoms with E-state index in [-0.39, 0.29) is 11.8 Å². The monoisotopic (exact) mass is 205 g/mol. The largest absolute Gasteiger partial charge is 0.320 e. The van der Waals surface area contributed by atoms with Gasteiger partial charge in [-0.15, -0.1) is 0 Å². The van der Waals surface area contributed by atoms with E-state index in [2.05, 4.69) is 5.32 Å². The molecular formula is C11H21F2N. The summed E-state index contributed by atoms with van der Waals surface area (Å²) in [5, 5.41) is 2.96. The molecule has 1 saturated carbocycles. The van der Waals surface area contributed by atoms with Crippen LogP contribution >= 0.6 is 0 Å². The van der Waals surface area contributed by atoms with Crippen LogP contribution in [-0.2, 0) is 0 Å². The first kappa shape index (κ1) is 11.9. The van der Waals surface area contributed by atoms with E-state index in [1.54, 1.807) is 0 Å². The second-order valence-corrected chi connectivity index (χ2v) is 4.29. The van der Waals surface area contributed by atoms with E-state index < -0.39 is 6.43 Å². The van der Waals surface area contributed by atoms with Crippen LogP contribution in [0.2, 0.25) is 0 Å². The van der Waals surface area contributed by atoms with Gasteiger partial charge < -0.3 is 5.32 Å². The van der Waals surface area contributed by atoms with E-state index in [0.29, 0.717) is 13.0 Å². The molecule has 0 bridgehead atoms. The van der Waals surface area contributed by atoms with Crippen LogP contribution in [0.1, 0.15) is 38.5 Å². The summed E-state index contributed by atoms with van der Waals surface area (Å²) >= 11 is 0. The minimum Gasteiger partial charge on any atom is -0.320 e. The third kappa shape index (κ3) is 3.52. The lowest BCUT2D eigenvalue weighted by atomic mass is 9.78. The van der Waals surface area contributed by atoms with Gasteiger partial charge in [0.15, 0.2) is 0 Å². The lowest BCUT2D eigenvalue weighted by molar-refractivity contribution is 0.0270. The fourth-order valence-corrected chi connectivity index (χ4v) is 2.44. The molecule has 0 amide bonds. The van der Waals surface area contributed by atoms with Crippen molar-refractivity contribution in [1.82, 2.24) is 5.32 Å². The highest BCUT2D eigenvalue weighted by molar-refractivity contribution is 4.76. The maximum Gasteiger partial charge on any atom is 0.241 e. The Labute approximate surface area is 85.3 Å². The van der Waals surface area contributed by atoms with Crippen LogP contribution in [0.25, 0.3) is 0 Å². The SMILES string of the molecule is CNCCC(C(F)F)C1CCCCC1. The first-order chi connectivity index (χ1) is 6.75. The Kier molecular flexibility index (Phi) is 5.38. The smallest absolute Gasteiger partial charge is 0.241 e. The topological polar surface area (TPSA) is 12.0 Å². The fourth-order valence-electron chi connectivity index (χ4n) is 2.44. The van der Waals surface area contributed by atoms with Crippen molar-refractivity contribution in [3.8, 4) is 0 Å². The normalized spacial score (nSPS) is 21.4. The first-order valence-electron chi connectivity index (χ1n) is 5.68. The van der Waals surface area contributed by atoms with E-state index in [1.807, 2.05) is 7.05 Å². The van der Waals surface area contributed by atoms with Crippen LogP contribution in [0.4, 0.5) is 8.78 Å². The van der Waals surface area contributed by atoms with Crippen LogP contribution in [0.5, 0.6) is 0 Å². The van der Waals surface area contributed by atoms with E-state index >= 15 is 0 Å². The molecule has 0 saturated heterocycles. The van der Waals surface area contributed by atoms with E-state index in [9.17, 15) is 8.78 Å². The average molecular weight is 205 g/mol. The van der Waals surface area contributed by atoms with Crippen LogP contribution in [-0.4, -0.2) is 20.0 Å². The Morgan fingerprint density at radius 3 is 2.36 bits per heavy atom. The molecule has 0 aromatic heterocycles. The van der Waals surface area contributed by atoms with Crippen molar-refractivity contribution in [2.45, 2.75) is 45.0 Å². The highest BCUT2D eigenvalue weighted by atomic mass is 19.3. The number of halogens is 2. The predicted molar refractivity (Wildman–Crippen MR) is 54.6 cm³/mol. The van der Waals surface area contributed by atoms with Crippen molar-refractivity contribution in [3.63, 3.8) is 0 Å². The number of nitrogens with one attached hydrogen (secondary N) is 1. The quantitative estimate of drug-likeness (QED) is 0.727. The molecule has 3 heteroatoms. The van der Waals surface area contributed by atoms with Crippen LogP contribution in [0.15, 0.2) is 0 Å². The minimum atomic E-state index is -2.13. The summed E-state index contributed by atoms with van der Waals surface area (Å²) in [6.45, 7) is 0.714. The van der Waals surface area contributed by atoms with Gasteiger partial charge in [0.25, 0.3) is 0 Å². The molecule has 1 atom stereocenters. The van der Waals surface area contributed by atoms with Crippen molar-refractivity contribution in [2.24, 2.45) is 11.8 Å². The molecule has 1 fully saturated rings. The van der Waals surface area contributed by atoms with E-state index in [4.69, 9.17) is 0 Å². The summed E-state index contributed by atoms with van der Waals surface area (Å²) in [6.07, 6.45) is 4.04. The van der Waals surface area contributed by atoms with Crippen molar-refractivity contribution >= 4 is 0 Å². The standard InChI is InChI=1S/C11H21F2N/c1-14-8-7-10(11(12)13)9-5-3-2-4-6-9/h9-11,14H,2-8H2,1H3. The van der Waals surface area contributed by atoms with Crippen molar-refractivity contribution in [3.05, 3.63) is 0 Å². The Balaban J connectivity index is 2.39. The van der Waals surface area contributed by atoms with Crippen LogP contribution < -0.4 is 5.32 Å². The second kappa shape index (κ2) is 6.33. The van der Waals surface area contributed by atoms with Gasteiger partial charge in [-0.2, -0.15) is 0 Å². The summed E-state index contributed by atoms with van der Waals surface area (Å²) in [4.78, 5) is 0. The molecule has 0 radical (unpaired) electrons. The first-order valence-corrected chi connectivity index (χ1v) is 5.68. The minimum absolute atomic E-state index is 0.275.